The first-order valence-electron chi connectivity index (χ1n) is 9.32. The van der Waals surface area contributed by atoms with Crippen molar-refractivity contribution in [3.8, 4) is 0 Å². The lowest BCUT2D eigenvalue weighted by Gasteiger charge is -2.32. The topological polar surface area (TPSA) is 57.6 Å². The van der Waals surface area contributed by atoms with E-state index in [4.69, 9.17) is 0 Å². The summed E-state index contributed by atoms with van der Waals surface area (Å²) in [5, 5.41) is 9.19. The molecule has 4 rings (SSSR count). The van der Waals surface area contributed by atoms with Crippen LogP contribution in [0.25, 0.3) is 0 Å². The number of fused-ring (bicyclic) bond motifs is 2. The van der Waals surface area contributed by atoms with Gasteiger partial charge in [0.1, 0.15) is 0 Å². The van der Waals surface area contributed by atoms with Crippen LogP contribution in [0.4, 0.5) is 0 Å². The third kappa shape index (κ3) is 3.24. The molecule has 2 aliphatic rings. The van der Waals surface area contributed by atoms with E-state index in [1.807, 2.05) is 11.0 Å². The molecule has 1 unspecified atom stereocenters. The molecule has 4 nitrogen and oxygen atoms in total. The first-order valence-corrected chi connectivity index (χ1v) is 9.32. The number of hydrogen-bond acceptors (Lipinski definition) is 2. The molecule has 134 valence electrons. The fourth-order valence-electron chi connectivity index (χ4n) is 4.31. The molecule has 0 radical (unpaired) electrons. The number of carbonyl (C=O) groups excluding carboxylic acids is 1. The molecule has 1 aliphatic heterocycles. The molecule has 1 N–H and O–H groups in total. The van der Waals surface area contributed by atoms with Gasteiger partial charge in [-0.25, -0.2) is 4.79 Å². The molecule has 2 aromatic carbocycles. The number of rotatable bonds is 3. The highest BCUT2D eigenvalue weighted by molar-refractivity contribution is 5.88. The summed E-state index contributed by atoms with van der Waals surface area (Å²) in [6.45, 7) is 1.23. The number of benzene rings is 2. The largest absolute Gasteiger partial charge is 0.478 e. The van der Waals surface area contributed by atoms with Crippen LogP contribution in [0.5, 0.6) is 0 Å². The Labute approximate surface area is 153 Å². The summed E-state index contributed by atoms with van der Waals surface area (Å²) in [5.74, 6) is -0.438. The summed E-state index contributed by atoms with van der Waals surface area (Å²) in [4.78, 5) is 26.0. The summed E-state index contributed by atoms with van der Waals surface area (Å²) in [6, 6.07) is 13.7. The minimum absolute atomic E-state index is 0.179. The average molecular weight is 349 g/mol. The maximum absolute atomic E-state index is 12.9. The summed E-state index contributed by atoms with van der Waals surface area (Å²) in [7, 11) is 0. The van der Waals surface area contributed by atoms with Crippen molar-refractivity contribution in [3.05, 3.63) is 70.3 Å². The molecular formula is C22H23NO3. The average Bonchev–Trinajstić information content (AvgIpc) is 2.67. The Morgan fingerprint density at radius 1 is 1.04 bits per heavy atom. The summed E-state index contributed by atoms with van der Waals surface area (Å²) >= 11 is 0. The second-order valence-electron chi connectivity index (χ2n) is 7.35. The van der Waals surface area contributed by atoms with Crippen molar-refractivity contribution in [1.29, 1.82) is 0 Å². The summed E-state index contributed by atoms with van der Waals surface area (Å²) < 4.78 is 0. The van der Waals surface area contributed by atoms with Crippen molar-refractivity contribution in [2.45, 2.75) is 44.6 Å². The van der Waals surface area contributed by atoms with Gasteiger partial charge in [0.2, 0.25) is 5.91 Å². The Kier molecular flexibility index (Phi) is 4.49. The normalized spacial score (nSPS) is 18.8. The van der Waals surface area contributed by atoms with Crippen LogP contribution < -0.4 is 0 Å². The first-order chi connectivity index (χ1) is 12.6. The fraction of sp³-hybridized carbons (Fsp3) is 0.364. The number of hydrogen-bond donors (Lipinski definition) is 1. The molecule has 1 amide bonds. The maximum Gasteiger partial charge on any atom is 0.335 e. The van der Waals surface area contributed by atoms with E-state index in [0.29, 0.717) is 31.0 Å². The Morgan fingerprint density at radius 2 is 1.88 bits per heavy atom. The molecular weight excluding hydrogens is 326 g/mol. The van der Waals surface area contributed by atoms with Crippen molar-refractivity contribution >= 4 is 11.9 Å². The van der Waals surface area contributed by atoms with Crippen molar-refractivity contribution in [2.24, 2.45) is 0 Å². The van der Waals surface area contributed by atoms with Gasteiger partial charge in [-0.1, -0.05) is 30.3 Å². The molecule has 0 aromatic heterocycles. The number of aryl methyl sites for hydroxylation is 1. The third-order valence-corrected chi connectivity index (χ3v) is 5.73. The van der Waals surface area contributed by atoms with Crippen molar-refractivity contribution in [2.75, 3.05) is 6.54 Å². The van der Waals surface area contributed by atoms with Crippen molar-refractivity contribution in [3.63, 3.8) is 0 Å². The summed E-state index contributed by atoms with van der Waals surface area (Å²) in [5.41, 5.74) is 5.12. The molecule has 0 spiro atoms. The zero-order valence-electron chi connectivity index (χ0n) is 14.8. The van der Waals surface area contributed by atoms with E-state index in [1.54, 1.807) is 12.1 Å². The quantitative estimate of drug-likeness (QED) is 0.917. The predicted octanol–water partition coefficient (Wildman–Crippen LogP) is 3.78. The van der Waals surface area contributed by atoms with Gasteiger partial charge >= 0.3 is 5.97 Å². The second-order valence-corrected chi connectivity index (χ2v) is 7.35. The van der Waals surface area contributed by atoms with Gasteiger partial charge in [0, 0.05) is 19.5 Å². The van der Waals surface area contributed by atoms with Gasteiger partial charge in [0.25, 0.3) is 0 Å². The van der Waals surface area contributed by atoms with Crippen LogP contribution in [0.15, 0.2) is 42.5 Å². The molecule has 0 bridgehead atoms. The fourth-order valence-corrected chi connectivity index (χ4v) is 4.31. The van der Waals surface area contributed by atoms with Crippen LogP contribution >= 0.6 is 0 Å². The smallest absolute Gasteiger partial charge is 0.335 e. The lowest BCUT2D eigenvalue weighted by Crippen LogP contribution is -2.37. The van der Waals surface area contributed by atoms with Crippen LogP contribution in [-0.2, 0) is 24.2 Å². The lowest BCUT2D eigenvalue weighted by molar-refractivity contribution is -0.132. The van der Waals surface area contributed by atoms with Crippen molar-refractivity contribution < 1.29 is 14.7 Å². The number of carboxylic acids is 1. The zero-order chi connectivity index (χ0) is 18.1. The van der Waals surface area contributed by atoms with Gasteiger partial charge in [-0.15, -0.1) is 0 Å². The highest BCUT2D eigenvalue weighted by atomic mass is 16.4. The van der Waals surface area contributed by atoms with Gasteiger partial charge in [0.15, 0.2) is 0 Å². The Morgan fingerprint density at radius 3 is 2.73 bits per heavy atom. The number of carboxylic acid groups (broad SMARTS) is 1. The zero-order valence-corrected chi connectivity index (χ0v) is 14.8. The van der Waals surface area contributed by atoms with E-state index in [9.17, 15) is 14.7 Å². The number of carbonyl (C=O) groups is 2. The summed E-state index contributed by atoms with van der Waals surface area (Å²) in [6.07, 6.45) is 4.65. The van der Waals surface area contributed by atoms with Crippen LogP contribution in [0.2, 0.25) is 0 Å². The maximum atomic E-state index is 12.9. The highest BCUT2D eigenvalue weighted by Crippen LogP contribution is 2.34. The van der Waals surface area contributed by atoms with Crippen molar-refractivity contribution in [1.82, 2.24) is 4.90 Å². The number of amides is 1. The number of nitrogens with zero attached hydrogens (tertiary/aromatic N) is 1. The van der Waals surface area contributed by atoms with Gasteiger partial charge in [-0.05, 0) is 66.0 Å². The van der Waals surface area contributed by atoms with E-state index in [-0.39, 0.29) is 5.91 Å². The third-order valence-electron chi connectivity index (χ3n) is 5.73. The SMILES string of the molecule is O=C(O)c1ccc2c(c1)CN(C(=O)CC1CCCc3ccccc31)CC2. The minimum atomic E-state index is -0.921. The molecule has 26 heavy (non-hydrogen) atoms. The molecule has 2 aromatic rings. The van der Waals surface area contributed by atoms with E-state index in [0.717, 1.165) is 36.8 Å². The molecule has 0 saturated carbocycles. The highest BCUT2D eigenvalue weighted by Gasteiger charge is 2.27. The molecule has 1 heterocycles. The molecule has 0 fully saturated rings. The van der Waals surface area contributed by atoms with E-state index in [2.05, 4.69) is 24.3 Å². The Bertz CT molecular complexity index is 858. The van der Waals surface area contributed by atoms with E-state index < -0.39 is 5.97 Å². The monoisotopic (exact) mass is 349 g/mol. The van der Waals surface area contributed by atoms with Gasteiger partial charge < -0.3 is 10.0 Å². The van der Waals surface area contributed by atoms with E-state index in [1.165, 1.54) is 11.1 Å². The predicted molar refractivity (Wildman–Crippen MR) is 99.3 cm³/mol. The Hall–Kier alpha value is -2.62. The van der Waals surface area contributed by atoms with Gasteiger partial charge in [-0.3, -0.25) is 4.79 Å². The molecule has 1 atom stereocenters. The molecule has 0 saturated heterocycles. The number of aromatic carboxylic acids is 1. The minimum Gasteiger partial charge on any atom is -0.478 e. The second kappa shape index (κ2) is 6.94. The van der Waals surface area contributed by atoms with Crippen LogP contribution in [0.1, 0.15) is 57.8 Å². The van der Waals surface area contributed by atoms with Crippen LogP contribution in [0.3, 0.4) is 0 Å². The van der Waals surface area contributed by atoms with E-state index >= 15 is 0 Å². The van der Waals surface area contributed by atoms with Gasteiger partial charge in [0.05, 0.1) is 5.56 Å². The Balaban J connectivity index is 1.48. The molecule has 4 heteroatoms. The first kappa shape index (κ1) is 16.8. The molecule has 1 aliphatic carbocycles. The van der Waals surface area contributed by atoms with Gasteiger partial charge in [-0.2, -0.15) is 0 Å². The van der Waals surface area contributed by atoms with Crippen LogP contribution in [0, 0.1) is 0 Å². The standard InChI is InChI=1S/C22H23NO3/c24-21(13-17-6-3-5-16-4-1-2-7-20(16)17)23-11-10-15-8-9-18(22(25)26)12-19(15)14-23/h1-2,4,7-9,12,17H,3,5-6,10-11,13-14H2,(H,25,26). The van der Waals surface area contributed by atoms with Crippen LogP contribution in [-0.4, -0.2) is 28.4 Å². The lowest BCUT2D eigenvalue weighted by atomic mass is 9.81.